The largest absolute Gasteiger partial charge is 0.444 e. The molecule has 0 radical (unpaired) electrons. The Bertz CT molecular complexity index is 1520. The molecule has 2 saturated heterocycles. The van der Waals surface area contributed by atoms with Crippen molar-refractivity contribution in [1.82, 2.24) is 19.8 Å². The van der Waals surface area contributed by atoms with Crippen molar-refractivity contribution < 1.29 is 32.2 Å². The van der Waals surface area contributed by atoms with Gasteiger partial charge in [-0.25, -0.2) is 22.9 Å². The van der Waals surface area contributed by atoms with Gasteiger partial charge >= 0.3 is 6.09 Å². The van der Waals surface area contributed by atoms with Gasteiger partial charge in [0, 0.05) is 68.2 Å². The second-order valence-electron chi connectivity index (χ2n) is 12.0. The number of hydrogen-bond acceptors (Lipinski definition) is 8. The van der Waals surface area contributed by atoms with Crippen LogP contribution in [0, 0.1) is 17.5 Å². The van der Waals surface area contributed by atoms with Crippen LogP contribution in [0.2, 0.25) is 0 Å². The number of morpholine rings is 1. The molecule has 44 heavy (non-hydrogen) atoms. The Morgan fingerprint density at radius 3 is 2.30 bits per heavy atom. The molecule has 2 aromatic carbocycles. The molecule has 0 spiro atoms. The first-order valence-corrected chi connectivity index (χ1v) is 14.7. The molecule has 2 amide bonds. The molecule has 13 heteroatoms. The molecule has 2 aliphatic heterocycles. The molecule has 3 aromatic rings. The fourth-order valence-corrected chi connectivity index (χ4v) is 5.31. The Morgan fingerprint density at radius 1 is 0.955 bits per heavy atom. The Kier molecular flexibility index (Phi) is 9.14. The van der Waals surface area contributed by atoms with Crippen molar-refractivity contribution in [2.24, 2.45) is 0 Å². The van der Waals surface area contributed by atoms with E-state index in [1.165, 1.54) is 0 Å². The van der Waals surface area contributed by atoms with Crippen molar-refractivity contribution in [1.29, 1.82) is 0 Å². The Hall–Kier alpha value is -4.13. The SMILES string of the molecule is CC(Nc1cc(F)c(F)c(F)c1)c1cc(C(=O)N2CCCN(C(=O)OC(C)(C)C)CC2)cc2ncc(N3CCOCC3)nc12. The van der Waals surface area contributed by atoms with Crippen LogP contribution in [0.25, 0.3) is 11.0 Å². The minimum Gasteiger partial charge on any atom is -0.444 e. The summed E-state index contributed by atoms with van der Waals surface area (Å²) in [5.41, 5.74) is 1.32. The van der Waals surface area contributed by atoms with Gasteiger partial charge in [0.25, 0.3) is 5.91 Å². The lowest BCUT2D eigenvalue weighted by Gasteiger charge is -2.28. The number of carbonyl (C=O) groups excluding carboxylic acids is 2. The van der Waals surface area contributed by atoms with Crippen LogP contribution >= 0.6 is 0 Å². The first kappa shape index (κ1) is 31.3. The van der Waals surface area contributed by atoms with Crippen molar-refractivity contribution in [3.63, 3.8) is 0 Å². The lowest BCUT2D eigenvalue weighted by atomic mass is 10.0. The van der Waals surface area contributed by atoms with Gasteiger partial charge in [0.15, 0.2) is 17.5 Å². The average molecular weight is 615 g/mol. The molecular weight excluding hydrogens is 577 g/mol. The lowest BCUT2D eigenvalue weighted by Crippen LogP contribution is -2.40. The fraction of sp³-hybridized carbons (Fsp3) is 0.484. The number of ether oxygens (including phenoxy) is 2. The molecule has 0 aliphatic carbocycles. The Morgan fingerprint density at radius 2 is 1.61 bits per heavy atom. The highest BCUT2D eigenvalue weighted by molar-refractivity contribution is 5.98. The van der Waals surface area contributed by atoms with Gasteiger partial charge in [-0.15, -0.1) is 0 Å². The summed E-state index contributed by atoms with van der Waals surface area (Å²) in [4.78, 5) is 41.3. The van der Waals surface area contributed by atoms with Gasteiger partial charge in [0.1, 0.15) is 11.4 Å². The number of rotatable bonds is 5. The van der Waals surface area contributed by atoms with Crippen LogP contribution in [0.4, 0.5) is 29.5 Å². The molecule has 2 aliphatic rings. The van der Waals surface area contributed by atoms with Crippen molar-refractivity contribution in [3.8, 4) is 0 Å². The topological polar surface area (TPSA) is 100 Å². The number of amides is 2. The van der Waals surface area contributed by atoms with Crippen LogP contribution in [0.15, 0.2) is 30.5 Å². The summed E-state index contributed by atoms with van der Waals surface area (Å²) in [5, 5.41) is 3.02. The number of halogens is 3. The molecule has 1 atom stereocenters. The number of nitrogens with one attached hydrogen (secondary N) is 1. The van der Waals surface area contributed by atoms with Crippen molar-refractivity contribution in [3.05, 3.63) is 59.0 Å². The van der Waals surface area contributed by atoms with E-state index in [9.17, 15) is 22.8 Å². The smallest absolute Gasteiger partial charge is 0.410 e. The first-order chi connectivity index (χ1) is 20.9. The van der Waals surface area contributed by atoms with E-state index in [2.05, 4.69) is 15.2 Å². The third kappa shape index (κ3) is 7.15. The maximum Gasteiger partial charge on any atom is 0.410 e. The van der Waals surface area contributed by atoms with E-state index in [1.54, 1.807) is 35.1 Å². The number of aromatic nitrogens is 2. The van der Waals surface area contributed by atoms with Crippen LogP contribution in [0.1, 0.15) is 56.1 Å². The highest BCUT2D eigenvalue weighted by atomic mass is 19.2. The molecule has 236 valence electrons. The van der Waals surface area contributed by atoms with Gasteiger partial charge in [-0.3, -0.25) is 9.78 Å². The van der Waals surface area contributed by atoms with Gasteiger partial charge in [-0.2, -0.15) is 0 Å². The van der Waals surface area contributed by atoms with Crippen molar-refractivity contribution in [2.45, 2.75) is 45.8 Å². The maximum atomic E-state index is 14.0. The molecule has 5 rings (SSSR count). The minimum atomic E-state index is -1.55. The predicted molar refractivity (Wildman–Crippen MR) is 159 cm³/mol. The van der Waals surface area contributed by atoms with Crippen LogP contribution in [0.3, 0.4) is 0 Å². The van der Waals surface area contributed by atoms with Crippen molar-refractivity contribution in [2.75, 3.05) is 62.7 Å². The highest BCUT2D eigenvalue weighted by Gasteiger charge is 2.28. The van der Waals surface area contributed by atoms with Gasteiger partial charge < -0.3 is 29.5 Å². The third-order valence-corrected chi connectivity index (χ3v) is 7.52. The Labute approximate surface area is 254 Å². The second kappa shape index (κ2) is 12.8. The van der Waals surface area contributed by atoms with Crippen LogP contribution in [0.5, 0.6) is 0 Å². The van der Waals surface area contributed by atoms with Crippen molar-refractivity contribution >= 4 is 34.5 Å². The van der Waals surface area contributed by atoms with E-state index in [4.69, 9.17) is 14.5 Å². The number of fused-ring (bicyclic) bond motifs is 1. The summed E-state index contributed by atoms with van der Waals surface area (Å²) in [5.74, 6) is -3.79. The van der Waals surface area contributed by atoms with Gasteiger partial charge in [-0.1, -0.05) is 0 Å². The highest BCUT2D eigenvalue weighted by Crippen LogP contribution is 2.30. The summed E-state index contributed by atoms with van der Waals surface area (Å²) in [6.07, 6.45) is 1.81. The fourth-order valence-electron chi connectivity index (χ4n) is 5.31. The zero-order valence-corrected chi connectivity index (χ0v) is 25.3. The van der Waals surface area contributed by atoms with Crippen LogP contribution in [-0.4, -0.2) is 89.9 Å². The normalized spacial score (nSPS) is 16.9. The van der Waals surface area contributed by atoms with E-state index >= 15 is 0 Å². The van der Waals surface area contributed by atoms with E-state index in [-0.39, 0.29) is 11.6 Å². The zero-order chi connectivity index (χ0) is 31.6. The second-order valence-corrected chi connectivity index (χ2v) is 12.0. The van der Waals surface area contributed by atoms with Gasteiger partial charge in [0.2, 0.25) is 0 Å². The maximum absolute atomic E-state index is 14.0. The van der Waals surface area contributed by atoms with Gasteiger partial charge in [0.05, 0.1) is 36.5 Å². The molecular formula is C31H37F3N6O4. The first-order valence-electron chi connectivity index (χ1n) is 14.7. The molecule has 0 saturated carbocycles. The van der Waals surface area contributed by atoms with E-state index in [1.807, 2.05) is 20.8 Å². The van der Waals surface area contributed by atoms with E-state index < -0.39 is 35.2 Å². The molecule has 2 fully saturated rings. The molecule has 1 unspecified atom stereocenters. The zero-order valence-electron chi connectivity index (χ0n) is 25.3. The molecule has 10 nitrogen and oxygen atoms in total. The quantitative estimate of drug-likeness (QED) is 0.395. The average Bonchev–Trinajstić information content (AvgIpc) is 3.25. The standard InChI is InChI=1S/C31H37F3N6O4/c1-19(36-21-16-23(32)27(34)24(33)17-21)22-14-20(15-25-28(22)37-26(18-35-25)38-10-12-43-13-11-38)29(41)39-6-5-7-40(9-8-39)30(42)44-31(2,3)4/h14-19,36H,5-13H2,1-4H3. The van der Waals surface area contributed by atoms with Crippen LogP contribution in [-0.2, 0) is 9.47 Å². The summed E-state index contributed by atoms with van der Waals surface area (Å²) in [6, 6.07) is 4.54. The number of benzene rings is 2. The summed E-state index contributed by atoms with van der Waals surface area (Å²) in [6.45, 7) is 11.1. The third-order valence-electron chi connectivity index (χ3n) is 7.52. The molecule has 3 heterocycles. The molecule has 1 N–H and O–H groups in total. The molecule has 1 aromatic heterocycles. The monoisotopic (exact) mass is 614 g/mol. The number of nitrogens with zero attached hydrogens (tertiary/aromatic N) is 5. The summed E-state index contributed by atoms with van der Waals surface area (Å²) >= 11 is 0. The predicted octanol–water partition coefficient (Wildman–Crippen LogP) is 5.14. The van der Waals surface area contributed by atoms with E-state index in [0.717, 1.165) is 12.1 Å². The molecule has 0 bridgehead atoms. The number of anilines is 2. The number of carbonyl (C=O) groups is 2. The minimum absolute atomic E-state index is 0.0332. The van der Waals surface area contributed by atoms with Crippen LogP contribution < -0.4 is 10.2 Å². The summed E-state index contributed by atoms with van der Waals surface area (Å²) < 4.78 is 52.6. The van der Waals surface area contributed by atoms with Gasteiger partial charge in [-0.05, 0) is 46.2 Å². The van der Waals surface area contributed by atoms with E-state index in [0.29, 0.717) is 86.9 Å². The Balaban J connectivity index is 1.46. The lowest BCUT2D eigenvalue weighted by molar-refractivity contribution is 0.0255. The summed E-state index contributed by atoms with van der Waals surface area (Å²) in [7, 11) is 0. The number of hydrogen-bond donors (Lipinski definition) is 1.